The molecule has 0 saturated carbocycles. The summed E-state index contributed by atoms with van der Waals surface area (Å²) in [6, 6.07) is 9.81. The molecule has 2 aromatic rings. The average Bonchev–Trinajstić information content (AvgIpc) is 2.52. The summed E-state index contributed by atoms with van der Waals surface area (Å²) in [4.78, 5) is 12.1. The summed E-state index contributed by atoms with van der Waals surface area (Å²) < 4.78 is 43.1. The van der Waals surface area contributed by atoms with E-state index < -0.39 is 11.7 Å². The SMILES string of the molecule is COc1cc(C(=O)/C=C/c2cccc(C(F)(F)F)c2)ccc1C. The van der Waals surface area contributed by atoms with Crippen LogP contribution < -0.4 is 4.74 Å². The van der Waals surface area contributed by atoms with Gasteiger partial charge in [-0.15, -0.1) is 0 Å². The van der Waals surface area contributed by atoms with Crippen molar-refractivity contribution in [2.75, 3.05) is 7.11 Å². The third-order valence-corrected chi connectivity index (χ3v) is 3.33. The number of halogens is 3. The fourth-order valence-electron chi connectivity index (χ4n) is 2.06. The summed E-state index contributed by atoms with van der Waals surface area (Å²) in [7, 11) is 1.51. The molecule has 0 aliphatic carbocycles. The van der Waals surface area contributed by atoms with Crippen LogP contribution in [0.15, 0.2) is 48.5 Å². The minimum absolute atomic E-state index is 0.305. The van der Waals surface area contributed by atoms with Crippen molar-refractivity contribution < 1.29 is 22.7 Å². The Morgan fingerprint density at radius 2 is 1.87 bits per heavy atom. The molecular formula is C18H15F3O2. The average molecular weight is 320 g/mol. The van der Waals surface area contributed by atoms with Gasteiger partial charge in [0.05, 0.1) is 12.7 Å². The number of alkyl halides is 3. The van der Waals surface area contributed by atoms with Crippen LogP contribution in [0.4, 0.5) is 13.2 Å². The number of hydrogen-bond acceptors (Lipinski definition) is 2. The number of benzene rings is 2. The predicted octanol–water partition coefficient (Wildman–Crippen LogP) is 4.92. The summed E-state index contributed by atoms with van der Waals surface area (Å²) in [5.41, 5.74) is 0.873. The normalized spacial score (nSPS) is 11.7. The van der Waals surface area contributed by atoms with Crippen LogP contribution >= 0.6 is 0 Å². The molecule has 2 nitrogen and oxygen atoms in total. The quantitative estimate of drug-likeness (QED) is 0.590. The van der Waals surface area contributed by atoms with Crippen LogP contribution in [0.25, 0.3) is 6.08 Å². The first-order valence-corrected chi connectivity index (χ1v) is 6.85. The maximum Gasteiger partial charge on any atom is 0.416 e. The number of carbonyl (C=O) groups excluding carboxylic acids is 1. The molecular weight excluding hydrogens is 305 g/mol. The molecule has 0 saturated heterocycles. The van der Waals surface area contributed by atoms with Gasteiger partial charge in [-0.05, 0) is 42.3 Å². The van der Waals surface area contributed by atoms with Gasteiger partial charge in [-0.3, -0.25) is 4.79 Å². The van der Waals surface area contributed by atoms with E-state index in [9.17, 15) is 18.0 Å². The Hall–Kier alpha value is -2.56. The summed E-state index contributed by atoms with van der Waals surface area (Å²) in [5.74, 6) is 0.282. The number of aryl methyl sites for hydroxylation is 1. The molecule has 0 unspecified atom stereocenters. The van der Waals surface area contributed by atoms with Crippen LogP contribution in [-0.4, -0.2) is 12.9 Å². The minimum Gasteiger partial charge on any atom is -0.496 e. The molecule has 0 radical (unpaired) electrons. The van der Waals surface area contributed by atoms with Gasteiger partial charge in [-0.25, -0.2) is 0 Å². The molecule has 5 heteroatoms. The second kappa shape index (κ2) is 6.69. The standard InChI is InChI=1S/C18H15F3O2/c1-12-6-8-14(11-17(12)23-2)16(22)9-7-13-4-3-5-15(10-13)18(19,20)21/h3-11H,1-2H3/b9-7+. The van der Waals surface area contributed by atoms with Crippen molar-refractivity contribution in [2.24, 2.45) is 0 Å². The van der Waals surface area contributed by atoms with E-state index in [2.05, 4.69) is 0 Å². The van der Waals surface area contributed by atoms with E-state index in [1.807, 2.05) is 6.92 Å². The van der Waals surface area contributed by atoms with E-state index in [4.69, 9.17) is 4.74 Å². The van der Waals surface area contributed by atoms with Gasteiger partial charge in [-0.1, -0.05) is 30.3 Å². The van der Waals surface area contributed by atoms with E-state index in [1.165, 1.54) is 31.4 Å². The van der Waals surface area contributed by atoms with E-state index in [-0.39, 0.29) is 5.78 Å². The summed E-state index contributed by atoms with van der Waals surface area (Å²) >= 11 is 0. The predicted molar refractivity (Wildman–Crippen MR) is 82.5 cm³/mol. The van der Waals surface area contributed by atoms with Gasteiger partial charge < -0.3 is 4.74 Å². The summed E-state index contributed by atoms with van der Waals surface area (Å²) in [6.07, 6.45) is -1.79. The van der Waals surface area contributed by atoms with Crippen molar-refractivity contribution in [3.05, 3.63) is 70.8 Å². The van der Waals surface area contributed by atoms with Crippen molar-refractivity contribution in [2.45, 2.75) is 13.1 Å². The van der Waals surface area contributed by atoms with Crippen LogP contribution in [0.5, 0.6) is 5.75 Å². The Labute approximate surface area is 132 Å². The lowest BCUT2D eigenvalue weighted by molar-refractivity contribution is -0.137. The third kappa shape index (κ3) is 4.22. The fraction of sp³-hybridized carbons (Fsp3) is 0.167. The molecule has 2 rings (SSSR count). The first-order valence-electron chi connectivity index (χ1n) is 6.85. The maximum absolute atomic E-state index is 12.6. The van der Waals surface area contributed by atoms with Crippen molar-refractivity contribution >= 4 is 11.9 Å². The van der Waals surface area contributed by atoms with Gasteiger partial charge in [-0.2, -0.15) is 13.2 Å². The Kier molecular flexibility index (Phi) is 4.89. The lowest BCUT2D eigenvalue weighted by Gasteiger charge is -2.07. The zero-order valence-corrected chi connectivity index (χ0v) is 12.6. The number of ether oxygens (including phenoxy) is 1. The first kappa shape index (κ1) is 16.8. The summed E-state index contributed by atoms with van der Waals surface area (Å²) in [6.45, 7) is 1.85. The number of hydrogen-bond donors (Lipinski definition) is 0. The highest BCUT2D eigenvalue weighted by molar-refractivity contribution is 6.07. The molecule has 120 valence electrons. The number of allylic oxidation sites excluding steroid dienone is 1. The molecule has 0 bridgehead atoms. The van der Waals surface area contributed by atoms with Crippen molar-refractivity contribution in [1.82, 2.24) is 0 Å². The van der Waals surface area contributed by atoms with Crippen molar-refractivity contribution in [3.63, 3.8) is 0 Å². The van der Waals surface area contributed by atoms with E-state index in [0.29, 0.717) is 16.9 Å². The van der Waals surface area contributed by atoms with E-state index in [0.717, 1.165) is 17.7 Å². The van der Waals surface area contributed by atoms with Crippen molar-refractivity contribution in [3.8, 4) is 5.75 Å². The van der Waals surface area contributed by atoms with Crippen LogP contribution in [-0.2, 0) is 6.18 Å². The van der Waals surface area contributed by atoms with Gasteiger partial charge in [0.1, 0.15) is 5.75 Å². The van der Waals surface area contributed by atoms with Crippen LogP contribution in [0.3, 0.4) is 0 Å². The zero-order valence-electron chi connectivity index (χ0n) is 12.6. The molecule has 0 aliphatic rings. The van der Waals surface area contributed by atoms with Gasteiger partial charge in [0.2, 0.25) is 0 Å². The minimum atomic E-state index is -4.40. The molecule has 0 N–H and O–H groups in total. The Morgan fingerprint density at radius 1 is 1.13 bits per heavy atom. The van der Waals surface area contributed by atoms with Gasteiger partial charge in [0.25, 0.3) is 0 Å². The van der Waals surface area contributed by atoms with Gasteiger partial charge >= 0.3 is 6.18 Å². The Balaban J connectivity index is 2.22. The number of rotatable bonds is 4. The van der Waals surface area contributed by atoms with E-state index in [1.54, 1.807) is 18.2 Å². The van der Waals surface area contributed by atoms with Crippen LogP contribution in [0.1, 0.15) is 27.0 Å². The first-order chi connectivity index (χ1) is 10.8. The second-order valence-corrected chi connectivity index (χ2v) is 5.01. The van der Waals surface area contributed by atoms with Crippen LogP contribution in [0.2, 0.25) is 0 Å². The van der Waals surface area contributed by atoms with Crippen molar-refractivity contribution in [1.29, 1.82) is 0 Å². The molecule has 23 heavy (non-hydrogen) atoms. The topological polar surface area (TPSA) is 26.3 Å². The molecule has 0 amide bonds. The Morgan fingerprint density at radius 3 is 2.52 bits per heavy atom. The maximum atomic E-state index is 12.6. The highest BCUT2D eigenvalue weighted by atomic mass is 19.4. The van der Waals surface area contributed by atoms with Crippen LogP contribution in [0, 0.1) is 6.92 Å². The molecule has 0 atom stereocenters. The number of ketones is 1. The highest BCUT2D eigenvalue weighted by Crippen LogP contribution is 2.29. The molecule has 0 aromatic heterocycles. The molecule has 0 aliphatic heterocycles. The van der Waals surface area contributed by atoms with E-state index >= 15 is 0 Å². The lowest BCUT2D eigenvalue weighted by atomic mass is 10.1. The number of methoxy groups -OCH3 is 1. The molecule has 0 fully saturated rings. The smallest absolute Gasteiger partial charge is 0.416 e. The lowest BCUT2D eigenvalue weighted by Crippen LogP contribution is -2.04. The largest absolute Gasteiger partial charge is 0.496 e. The molecule has 0 spiro atoms. The van der Waals surface area contributed by atoms with Gasteiger partial charge in [0, 0.05) is 5.56 Å². The monoisotopic (exact) mass is 320 g/mol. The summed E-state index contributed by atoms with van der Waals surface area (Å²) in [5, 5.41) is 0. The second-order valence-electron chi connectivity index (χ2n) is 5.01. The van der Waals surface area contributed by atoms with Gasteiger partial charge in [0.15, 0.2) is 5.78 Å². The molecule has 2 aromatic carbocycles. The highest BCUT2D eigenvalue weighted by Gasteiger charge is 2.30. The third-order valence-electron chi connectivity index (χ3n) is 3.33. The number of carbonyl (C=O) groups is 1. The Bertz CT molecular complexity index is 746. The molecule has 0 heterocycles. The zero-order chi connectivity index (χ0) is 17.0. The fourth-order valence-corrected chi connectivity index (χ4v) is 2.06.